The lowest BCUT2D eigenvalue weighted by Gasteiger charge is -2.33. The summed E-state index contributed by atoms with van der Waals surface area (Å²) in [6, 6.07) is 5.98. The molecule has 0 unspecified atom stereocenters. The third-order valence-corrected chi connectivity index (χ3v) is 4.56. The maximum Gasteiger partial charge on any atom is 0.138 e. The highest BCUT2D eigenvalue weighted by molar-refractivity contribution is 5.17. The largest absolute Gasteiger partial charge is 0.486 e. The lowest BCUT2D eigenvalue weighted by atomic mass is 10.2. The molecule has 3 aromatic heterocycles. The van der Waals surface area contributed by atoms with Crippen LogP contribution in [0.2, 0.25) is 0 Å². The first-order chi connectivity index (χ1) is 12.2. The van der Waals surface area contributed by atoms with Gasteiger partial charge in [0.15, 0.2) is 0 Å². The van der Waals surface area contributed by atoms with Crippen LogP contribution in [0.1, 0.15) is 35.9 Å². The minimum Gasteiger partial charge on any atom is -0.486 e. The Morgan fingerprint density at radius 3 is 3.00 bits per heavy atom. The Morgan fingerprint density at radius 1 is 1.32 bits per heavy atom. The first-order valence-electron chi connectivity index (χ1n) is 8.44. The van der Waals surface area contributed by atoms with Gasteiger partial charge in [-0.15, -0.1) is 0 Å². The Bertz CT molecular complexity index is 842. The molecule has 0 amide bonds. The third kappa shape index (κ3) is 3.28. The van der Waals surface area contributed by atoms with Gasteiger partial charge in [0.25, 0.3) is 0 Å². The van der Waals surface area contributed by atoms with Gasteiger partial charge in [-0.2, -0.15) is 0 Å². The molecule has 0 aliphatic carbocycles. The molecule has 4 rings (SSSR count). The van der Waals surface area contributed by atoms with E-state index in [0.29, 0.717) is 6.61 Å². The lowest BCUT2D eigenvalue weighted by Crippen LogP contribution is -2.37. The van der Waals surface area contributed by atoms with Gasteiger partial charge in [-0.1, -0.05) is 5.16 Å². The van der Waals surface area contributed by atoms with Crippen LogP contribution in [0.25, 0.3) is 0 Å². The van der Waals surface area contributed by atoms with Crippen LogP contribution in [-0.4, -0.2) is 31.1 Å². The molecule has 130 valence electrons. The van der Waals surface area contributed by atoms with Gasteiger partial charge in [-0.05, 0) is 26.0 Å². The summed E-state index contributed by atoms with van der Waals surface area (Å²) in [5.74, 6) is 2.68. The second-order valence-electron chi connectivity index (χ2n) is 6.31. The van der Waals surface area contributed by atoms with Crippen molar-refractivity contribution in [2.75, 3.05) is 6.54 Å². The van der Waals surface area contributed by atoms with E-state index in [9.17, 15) is 0 Å². The van der Waals surface area contributed by atoms with E-state index in [1.54, 1.807) is 12.4 Å². The number of aromatic nitrogens is 4. The van der Waals surface area contributed by atoms with E-state index < -0.39 is 0 Å². The molecule has 0 fully saturated rings. The summed E-state index contributed by atoms with van der Waals surface area (Å²) in [5.41, 5.74) is 2.05. The Kier molecular flexibility index (Phi) is 4.23. The Balaban J connectivity index is 1.45. The molecule has 3 aromatic rings. The van der Waals surface area contributed by atoms with E-state index in [2.05, 4.69) is 31.5 Å². The van der Waals surface area contributed by atoms with E-state index in [-0.39, 0.29) is 6.04 Å². The van der Waals surface area contributed by atoms with Crippen molar-refractivity contribution in [3.05, 3.63) is 59.8 Å². The molecule has 0 N–H and O–H groups in total. The van der Waals surface area contributed by atoms with Gasteiger partial charge in [0.2, 0.25) is 0 Å². The van der Waals surface area contributed by atoms with Gasteiger partial charge >= 0.3 is 0 Å². The summed E-state index contributed by atoms with van der Waals surface area (Å²) in [7, 11) is 0. The molecule has 7 heteroatoms. The van der Waals surface area contributed by atoms with Crippen molar-refractivity contribution < 1.29 is 9.26 Å². The Labute approximate surface area is 146 Å². The van der Waals surface area contributed by atoms with Crippen molar-refractivity contribution in [1.29, 1.82) is 0 Å². The number of pyridine rings is 1. The van der Waals surface area contributed by atoms with Crippen LogP contribution in [0.4, 0.5) is 0 Å². The van der Waals surface area contributed by atoms with Crippen LogP contribution >= 0.6 is 0 Å². The minimum atomic E-state index is 0.220. The van der Waals surface area contributed by atoms with E-state index in [1.165, 1.54) is 0 Å². The average molecular weight is 339 g/mol. The summed E-state index contributed by atoms with van der Waals surface area (Å²) >= 11 is 0. The van der Waals surface area contributed by atoms with Crippen molar-refractivity contribution in [2.24, 2.45) is 0 Å². The van der Waals surface area contributed by atoms with Gasteiger partial charge in [0.1, 0.15) is 23.9 Å². The predicted octanol–water partition coefficient (Wildman–Crippen LogP) is 2.73. The second-order valence-corrected chi connectivity index (χ2v) is 6.31. The molecular formula is C18H21N5O2. The summed E-state index contributed by atoms with van der Waals surface area (Å²) in [6.07, 6.45) is 5.36. The lowest BCUT2D eigenvalue weighted by molar-refractivity contribution is 0.148. The Hall–Kier alpha value is -2.67. The van der Waals surface area contributed by atoms with Gasteiger partial charge in [0, 0.05) is 31.9 Å². The van der Waals surface area contributed by atoms with E-state index >= 15 is 0 Å². The molecule has 0 bridgehead atoms. The zero-order valence-corrected chi connectivity index (χ0v) is 14.4. The molecule has 1 aliphatic rings. The predicted molar refractivity (Wildman–Crippen MR) is 90.9 cm³/mol. The fourth-order valence-electron chi connectivity index (χ4n) is 3.23. The summed E-state index contributed by atoms with van der Waals surface area (Å²) < 4.78 is 13.2. The number of imidazole rings is 1. The van der Waals surface area contributed by atoms with Crippen molar-refractivity contribution >= 4 is 0 Å². The first-order valence-corrected chi connectivity index (χ1v) is 8.44. The number of rotatable bonds is 5. The van der Waals surface area contributed by atoms with Crippen LogP contribution in [0.15, 0.2) is 41.3 Å². The van der Waals surface area contributed by atoms with Crippen molar-refractivity contribution in [2.45, 2.75) is 39.6 Å². The number of nitrogens with zero attached hydrogens (tertiary/aromatic N) is 5. The molecule has 0 saturated heterocycles. The number of ether oxygens (including phenoxy) is 1. The number of hydrogen-bond acceptors (Lipinski definition) is 6. The molecule has 4 heterocycles. The fraction of sp³-hybridized carbons (Fsp3) is 0.389. The molecule has 0 aromatic carbocycles. The molecule has 1 atom stereocenters. The van der Waals surface area contributed by atoms with Crippen molar-refractivity contribution in [1.82, 2.24) is 24.6 Å². The van der Waals surface area contributed by atoms with Gasteiger partial charge in [-0.3, -0.25) is 9.88 Å². The number of fused-ring (bicyclic) bond motifs is 1. The molecule has 7 nitrogen and oxygen atoms in total. The molecule has 0 spiro atoms. The summed E-state index contributed by atoms with van der Waals surface area (Å²) in [4.78, 5) is 11.1. The SMILES string of the molecule is Cc1cc(CN2CCn3c(COc4cccnc4)cnc3[C@@H]2C)no1. The van der Waals surface area contributed by atoms with E-state index in [1.807, 2.05) is 31.3 Å². The maximum atomic E-state index is 5.82. The maximum absolute atomic E-state index is 5.82. The standard InChI is InChI=1S/C18H21N5O2/c1-13-8-15(21-25-13)11-22-6-7-23-16(9-20-18(23)14(22)2)12-24-17-4-3-5-19-10-17/h3-5,8-10,14H,6-7,11-12H2,1-2H3/t14-/m0/s1. The minimum absolute atomic E-state index is 0.220. The third-order valence-electron chi connectivity index (χ3n) is 4.56. The van der Waals surface area contributed by atoms with Crippen molar-refractivity contribution in [3.63, 3.8) is 0 Å². The van der Waals surface area contributed by atoms with Crippen LogP contribution in [0.5, 0.6) is 5.75 Å². The fourth-order valence-corrected chi connectivity index (χ4v) is 3.23. The monoisotopic (exact) mass is 339 g/mol. The highest BCUT2D eigenvalue weighted by Crippen LogP contribution is 2.27. The van der Waals surface area contributed by atoms with E-state index in [4.69, 9.17) is 9.26 Å². The summed E-state index contributed by atoms with van der Waals surface area (Å²) in [6.45, 7) is 7.19. The second kappa shape index (κ2) is 6.68. The number of hydrogen-bond donors (Lipinski definition) is 0. The normalized spacial score (nSPS) is 17.4. The van der Waals surface area contributed by atoms with Gasteiger partial charge in [-0.25, -0.2) is 4.98 Å². The highest BCUT2D eigenvalue weighted by atomic mass is 16.5. The van der Waals surface area contributed by atoms with Crippen LogP contribution < -0.4 is 4.74 Å². The molecule has 25 heavy (non-hydrogen) atoms. The van der Waals surface area contributed by atoms with Crippen LogP contribution in [-0.2, 0) is 19.7 Å². The van der Waals surface area contributed by atoms with Crippen LogP contribution in [0.3, 0.4) is 0 Å². The average Bonchev–Trinajstić information content (AvgIpc) is 3.23. The molecule has 1 aliphatic heterocycles. The zero-order valence-electron chi connectivity index (χ0n) is 14.4. The van der Waals surface area contributed by atoms with Crippen molar-refractivity contribution in [3.8, 4) is 5.75 Å². The Morgan fingerprint density at radius 2 is 2.24 bits per heavy atom. The summed E-state index contributed by atoms with van der Waals surface area (Å²) in [5, 5.41) is 4.10. The van der Waals surface area contributed by atoms with Gasteiger partial charge < -0.3 is 13.8 Å². The topological polar surface area (TPSA) is 69.2 Å². The van der Waals surface area contributed by atoms with E-state index in [0.717, 1.165) is 48.4 Å². The zero-order chi connectivity index (χ0) is 17.2. The van der Waals surface area contributed by atoms with Gasteiger partial charge in [0.05, 0.1) is 29.8 Å². The number of aryl methyl sites for hydroxylation is 1. The molecule has 0 saturated carbocycles. The molecular weight excluding hydrogens is 318 g/mol. The van der Waals surface area contributed by atoms with Crippen LogP contribution in [0, 0.1) is 6.92 Å². The smallest absolute Gasteiger partial charge is 0.138 e. The molecule has 0 radical (unpaired) electrons. The highest BCUT2D eigenvalue weighted by Gasteiger charge is 2.27. The first kappa shape index (κ1) is 15.8. The quantitative estimate of drug-likeness (QED) is 0.712.